The lowest BCUT2D eigenvalue weighted by atomic mass is 9.97. The van der Waals surface area contributed by atoms with Crippen molar-refractivity contribution < 1.29 is 9.47 Å². The molecule has 3 rings (SSSR count). The quantitative estimate of drug-likeness (QED) is 0.819. The van der Waals surface area contributed by atoms with Crippen LogP contribution >= 0.6 is 0 Å². The molecule has 2 aromatic rings. The van der Waals surface area contributed by atoms with Crippen molar-refractivity contribution in [3.05, 3.63) is 54.2 Å². The van der Waals surface area contributed by atoms with Crippen molar-refractivity contribution in [2.75, 3.05) is 26.8 Å². The maximum atomic E-state index is 5.78. The minimum Gasteiger partial charge on any atom is -0.497 e. The number of pyridine rings is 1. The molecule has 23 heavy (non-hydrogen) atoms. The summed E-state index contributed by atoms with van der Waals surface area (Å²) >= 11 is 0. The molecule has 4 nitrogen and oxygen atoms in total. The van der Waals surface area contributed by atoms with Gasteiger partial charge in [0.1, 0.15) is 5.75 Å². The summed E-state index contributed by atoms with van der Waals surface area (Å²) in [7, 11) is 1.71. The van der Waals surface area contributed by atoms with Gasteiger partial charge in [0.25, 0.3) is 0 Å². The summed E-state index contributed by atoms with van der Waals surface area (Å²) in [5.41, 5.74) is 1.31. The number of likely N-dealkylation sites (tertiary alicyclic amines) is 1. The molecule has 0 aliphatic carbocycles. The Kier molecular flexibility index (Phi) is 5.48. The Morgan fingerprint density at radius 1 is 1.13 bits per heavy atom. The van der Waals surface area contributed by atoms with Gasteiger partial charge in [-0.1, -0.05) is 18.2 Å². The number of hydrogen-bond acceptors (Lipinski definition) is 4. The molecule has 0 saturated carbocycles. The first-order chi connectivity index (χ1) is 11.3. The van der Waals surface area contributed by atoms with E-state index < -0.39 is 0 Å². The zero-order chi connectivity index (χ0) is 15.9. The summed E-state index contributed by atoms with van der Waals surface area (Å²) in [5, 5.41) is 0. The molecule has 1 aliphatic heterocycles. The molecule has 4 heteroatoms. The highest BCUT2D eigenvalue weighted by atomic mass is 16.5. The van der Waals surface area contributed by atoms with Gasteiger partial charge in [0.2, 0.25) is 5.88 Å². The van der Waals surface area contributed by atoms with E-state index in [-0.39, 0.29) is 0 Å². The second-order valence-electron chi connectivity index (χ2n) is 6.05. The van der Waals surface area contributed by atoms with Gasteiger partial charge in [0.05, 0.1) is 13.7 Å². The van der Waals surface area contributed by atoms with Crippen LogP contribution in [-0.2, 0) is 6.54 Å². The summed E-state index contributed by atoms with van der Waals surface area (Å²) in [6, 6.07) is 14.1. The number of ether oxygens (including phenoxy) is 2. The van der Waals surface area contributed by atoms with Crippen molar-refractivity contribution >= 4 is 0 Å². The molecule has 0 unspecified atom stereocenters. The Balaban J connectivity index is 1.43. The van der Waals surface area contributed by atoms with Gasteiger partial charge in [0, 0.05) is 18.8 Å². The number of nitrogens with zero attached hydrogens (tertiary/aromatic N) is 2. The SMILES string of the molecule is COc1cccc(CN2CCC(COc3ccccn3)CC2)c1. The molecule has 0 atom stereocenters. The fraction of sp³-hybridized carbons (Fsp3) is 0.421. The highest BCUT2D eigenvalue weighted by Crippen LogP contribution is 2.21. The third-order valence-electron chi connectivity index (χ3n) is 4.35. The van der Waals surface area contributed by atoms with E-state index in [1.807, 2.05) is 24.3 Å². The number of rotatable bonds is 6. The van der Waals surface area contributed by atoms with E-state index in [0.717, 1.165) is 37.9 Å². The molecule has 2 heterocycles. The van der Waals surface area contributed by atoms with Crippen molar-refractivity contribution in [1.82, 2.24) is 9.88 Å². The van der Waals surface area contributed by atoms with Crippen LogP contribution in [0, 0.1) is 5.92 Å². The number of aromatic nitrogens is 1. The largest absolute Gasteiger partial charge is 0.497 e. The lowest BCUT2D eigenvalue weighted by Gasteiger charge is -2.31. The maximum Gasteiger partial charge on any atom is 0.213 e. The molecule has 0 spiro atoms. The van der Waals surface area contributed by atoms with Crippen LogP contribution in [0.2, 0.25) is 0 Å². The number of benzene rings is 1. The van der Waals surface area contributed by atoms with Gasteiger partial charge in [-0.05, 0) is 55.6 Å². The smallest absolute Gasteiger partial charge is 0.213 e. The van der Waals surface area contributed by atoms with Crippen LogP contribution in [0.25, 0.3) is 0 Å². The third-order valence-corrected chi connectivity index (χ3v) is 4.35. The minimum atomic E-state index is 0.624. The summed E-state index contributed by atoms with van der Waals surface area (Å²) in [5.74, 6) is 2.28. The van der Waals surface area contributed by atoms with Crippen LogP contribution in [-0.4, -0.2) is 36.7 Å². The lowest BCUT2D eigenvalue weighted by Crippen LogP contribution is -2.35. The van der Waals surface area contributed by atoms with Gasteiger partial charge in [-0.25, -0.2) is 4.98 Å². The summed E-state index contributed by atoms with van der Waals surface area (Å²) in [6.07, 6.45) is 4.12. The topological polar surface area (TPSA) is 34.6 Å². The molecule has 1 aromatic carbocycles. The van der Waals surface area contributed by atoms with Crippen LogP contribution in [0.1, 0.15) is 18.4 Å². The second kappa shape index (κ2) is 7.97. The van der Waals surface area contributed by atoms with E-state index in [4.69, 9.17) is 9.47 Å². The van der Waals surface area contributed by atoms with Crippen molar-refractivity contribution in [3.8, 4) is 11.6 Å². The predicted octanol–water partition coefficient (Wildman–Crippen LogP) is 3.38. The van der Waals surface area contributed by atoms with Crippen LogP contribution in [0.5, 0.6) is 11.6 Å². The fourth-order valence-electron chi connectivity index (χ4n) is 2.98. The van der Waals surface area contributed by atoms with Crippen molar-refractivity contribution in [2.24, 2.45) is 5.92 Å². The third kappa shape index (κ3) is 4.70. The van der Waals surface area contributed by atoms with Crippen LogP contribution in [0.15, 0.2) is 48.7 Å². The van der Waals surface area contributed by atoms with Gasteiger partial charge in [-0.15, -0.1) is 0 Å². The normalized spacial score (nSPS) is 16.2. The Morgan fingerprint density at radius 2 is 2.00 bits per heavy atom. The lowest BCUT2D eigenvalue weighted by molar-refractivity contribution is 0.134. The molecule has 0 N–H and O–H groups in total. The van der Waals surface area contributed by atoms with Gasteiger partial charge < -0.3 is 9.47 Å². The van der Waals surface area contributed by atoms with Gasteiger partial charge in [-0.2, -0.15) is 0 Å². The van der Waals surface area contributed by atoms with Crippen molar-refractivity contribution in [1.29, 1.82) is 0 Å². The Morgan fingerprint density at radius 3 is 2.74 bits per heavy atom. The average molecular weight is 312 g/mol. The molecular weight excluding hydrogens is 288 g/mol. The molecule has 0 radical (unpaired) electrons. The van der Waals surface area contributed by atoms with Crippen LogP contribution < -0.4 is 9.47 Å². The first-order valence-corrected chi connectivity index (χ1v) is 8.22. The average Bonchev–Trinajstić information content (AvgIpc) is 2.62. The number of piperidine rings is 1. The van der Waals surface area contributed by atoms with Crippen molar-refractivity contribution in [2.45, 2.75) is 19.4 Å². The Bertz CT molecular complexity index is 595. The molecule has 0 bridgehead atoms. The van der Waals surface area contributed by atoms with E-state index in [0.29, 0.717) is 5.92 Å². The fourth-order valence-corrected chi connectivity index (χ4v) is 2.98. The molecule has 1 aromatic heterocycles. The first kappa shape index (κ1) is 15.8. The van der Waals surface area contributed by atoms with Gasteiger partial charge in [0.15, 0.2) is 0 Å². The highest BCUT2D eigenvalue weighted by molar-refractivity contribution is 5.28. The molecule has 1 fully saturated rings. The minimum absolute atomic E-state index is 0.624. The molecule has 1 saturated heterocycles. The number of hydrogen-bond donors (Lipinski definition) is 0. The summed E-state index contributed by atoms with van der Waals surface area (Å²) in [6.45, 7) is 4.00. The zero-order valence-corrected chi connectivity index (χ0v) is 13.6. The zero-order valence-electron chi connectivity index (χ0n) is 13.6. The van der Waals surface area contributed by atoms with E-state index in [9.17, 15) is 0 Å². The Hall–Kier alpha value is -2.07. The summed E-state index contributed by atoms with van der Waals surface area (Å²) in [4.78, 5) is 6.71. The van der Waals surface area contributed by atoms with E-state index >= 15 is 0 Å². The monoisotopic (exact) mass is 312 g/mol. The van der Waals surface area contributed by atoms with Crippen LogP contribution in [0.4, 0.5) is 0 Å². The molecule has 0 amide bonds. The Labute approximate surface area is 138 Å². The number of methoxy groups -OCH3 is 1. The standard InChI is InChI=1S/C19H24N2O2/c1-22-18-6-4-5-17(13-18)14-21-11-8-16(9-12-21)15-23-19-7-2-3-10-20-19/h2-7,10,13,16H,8-9,11-12,14-15H2,1H3. The first-order valence-electron chi connectivity index (χ1n) is 8.22. The molecule has 122 valence electrons. The summed E-state index contributed by atoms with van der Waals surface area (Å²) < 4.78 is 11.1. The molecular formula is C19H24N2O2. The van der Waals surface area contributed by atoms with E-state index in [1.165, 1.54) is 18.4 Å². The van der Waals surface area contributed by atoms with Gasteiger partial charge >= 0.3 is 0 Å². The molecule has 1 aliphatic rings. The van der Waals surface area contributed by atoms with Crippen LogP contribution in [0.3, 0.4) is 0 Å². The maximum absolute atomic E-state index is 5.78. The van der Waals surface area contributed by atoms with Gasteiger partial charge in [-0.3, -0.25) is 4.90 Å². The van der Waals surface area contributed by atoms with E-state index in [1.54, 1.807) is 13.3 Å². The predicted molar refractivity (Wildman–Crippen MR) is 90.7 cm³/mol. The van der Waals surface area contributed by atoms with Crippen molar-refractivity contribution in [3.63, 3.8) is 0 Å². The second-order valence-corrected chi connectivity index (χ2v) is 6.05. The highest BCUT2D eigenvalue weighted by Gasteiger charge is 2.20. The van der Waals surface area contributed by atoms with E-state index in [2.05, 4.69) is 28.1 Å².